The van der Waals surface area contributed by atoms with Gasteiger partial charge in [0.1, 0.15) is 11.3 Å². The van der Waals surface area contributed by atoms with Crippen molar-refractivity contribution in [1.29, 1.82) is 0 Å². The quantitative estimate of drug-likeness (QED) is 0.660. The summed E-state index contributed by atoms with van der Waals surface area (Å²) in [5, 5.41) is 6.07. The number of aromatic amines is 1. The number of rotatable bonds is 4. The van der Waals surface area contributed by atoms with E-state index in [4.69, 9.17) is 0 Å². The highest BCUT2D eigenvalue weighted by Crippen LogP contribution is 2.18. The van der Waals surface area contributed by atoms with Crippen LogP contribution in [0.2, 0.25) is 0 Å². The first-order valence-corrected chi connectivity index (χ1v) is 8.53. The molecule has 1 aliphatic heterocycles. The van der Waals surface area contributed by atoms with Gasteiger partial charge >= 0.3 is 0 Å². The summed E-state index contributed by atoms with van der Waals surface area (Å²) in [5.41, 5.74) is 1.64. The third kappa shape index (κ3) is 3.23. The topological polar surface area (TPSA) is 85.9 Å². The molecule has 1 aliphatic rings. The highest BCUT2D eigenvalue weighted by atomic mass is 19.1. The third-order valence-electron chi connectivity index (χ3n) is 4.48. The third-order valence-corrected chi connectivity index (χ3v) is 4.48. The lowest BCUT2D eigenvalue weighted by Crippen LogP contribution is -2.43. The Balaban J connectivity index is 1.46. The monoisotopic (exact) mass is 354 g/mol. The van der Waals surface area contributed by atoms with Gasteiger partial charge in [-0.05, 0) is 29.8 Å². The van der Waals surface area contributed by atoms with Crippen molar-refractivity contribution in [2.24, 2.45) is 0 Å². The van der Waals surface area contributed by atoms with E-state index in [-0.39, 0.29) is 11.1 Å². The van der Waals surface area contributed by atoms with Crippen LogP contribution in [0.3, 0.4) is 0 Å². The van der Waals surface area contributed by atoms with E-state index < -0.39 is 11.7 Å². The van der Waals surface area contributed by atoms with Crippen LogP contribution in [0, 0.1) is 5.82 Å². The number of halogens is 1. The Morgan fingerprint density at radius 1 is 1.23 bits per heavy atom. The second-order valence-electron chi connectivity index (χ2n) is 6.17. The number of amides is 1. The fourth-order valence-electron chi connectivity index (χ4n) is 3.06. The Hall–Kier alpha value is -3.00. The van der Waals surface area contributed by atoms with E-state index >= 15 is 0 Å². The summed E-state index contributed by atoms with van der Waals surface area (Å²) in [7, 11) is 0. The minimum atomic E-state index is -0.613. The molecule has 0 atom stereocenters. The maximum Gasteiger partial charge on any atom is 0.254 e. The van der Waals surface area contributed by atoms with Gasteiger partial charge in [-0.2, -0.15) is 0 Å². The molecule has 1 saturated heterocycles. The number of aromatic nitrogens is 3. The van der Waals surface area contributed by atoms with Crippen LogP contribution in [-0.2, 0) is 6.54 Å². The zero-order valence-corrected chi connectivity index (χ0v) is 14.1. The molecule has 3 N–H and O–H groups in total. The largest absolute Gasteiger partial charge is 0.354 e. The lowest BCUT2D eigenvalue weighted by atomic mass is 10.1. The van der Waals surface area contributed by atoms with Gasteiger partial charge in [0.15, 0.2) is 5.82 Å². The normalized spacial score (nSPS) is 14.6. The molecule has 8 heteroatoms. The SMILES string of the molecule is O=C(NCc1ccnc(N2CCNCC2)c1)c1ccc2[nH]cnc2c1F. The van der Waals surface area contributed by atoms with Crippen LogP contribution in [-0.4, -0.2) is 47.0 Å². The number of hydrogen-bond donors (Lipinski definition) is 3. The van der Waals surface area contributed by atoms with Gasteiger partial charge in [0.2, 0.25) is 0 Å². The molecule has 0 spiro atoms. The highest BCUT2D eigenvalue weighted by molar-refractivity contribution is 5.97. The molecule has 134 valence electrons. The van der Waals surface area contributed by atoms with E-state index in [1.807, 2.05) is 12.1 Å². The number of benzene rings is 1. The van der Waals surface area contributed by atoms with E-state index in [1.165, 1.54) is 12.4 Å². The number of imidazole rings is 1. The molecular formula is C18H19FN6O. The van der Waals surface area contributed by atoms with Crippen LogP contribution in [0.1, 0.15) is 15.9 Å². The standard InChI is InChI=1S/C18H19FN6O/c19-16-13(1-2-14-17(16)24-11-23-14)18(26)22-10-12-3-4-21-15(9-12)25-7-5-20-6-8-25/h1-4,9,11,20H,5-8,10H2,(H,22,26)(H,23,24). The first-order valence-electron chi connectivity index (χ1n) is 8.53. The smallest absolute Gasteiger partial charge is 0.254 e. The summed E-state index contributed by atoms with van der Waals surface area (Å²) in [6, 6.07) is 6.91. The first kappa shape index (κ1) is 16.5. The fraction of sp³-hybridized carbons (Fsp3) is 0.278. The Kier molecular flexibility index (Phi) is 4.49. The number of H-pyrrole nitrogens is 1. The number of fused-ring (bicyclic) bond motifs is 1. The van der Waals surface area contributed by atoms with Crippen LogP contribution in [0.5, 0.6) is 0 Å². The summed E-state index contributed by atoms with van der Waals surface area (Å²) < 4.78 is 14.4. The van der Waals surface area contributed by atoms with Crippen molar-refractivity contribution in [3.05, 3.63) is 53.7 Å². The van der Waals surface area contributed by atoms with E-state index in [2.05, 4.69) is 30.5 Å². The minimum Gasteiger partial charge on any atom is -0.354 e. The molecule has 0 bridgehead atoms. The number of hydrogen-bond acceptors (Lipinski definition) is 5. The predicted octanol–water partition coefficient (Wildman–Crippen LogP) is 1.44. The van der Waals surface area contributed by atoms with E-state index in [1.54, 1.807) is 12.3 Å². The number of nitrogens with zero attached hydrogens (tertiary/aromatic N) is 3. The van der Waals surface area contributed by atoms with Crippen molar-refractivity contribution in [2.75, 3.05) is 31.1 Å². The van der Waals surface area contributed by atoms with E-state index in [0.29, 0.717) is 12.1 Å². The lowest BCUT2D eigenvalue weighted by Gasteiger charge is -2.28. The van der Waals surface area contributed by atoms with Gasteiger partial charge in [-0.1, -0.05) is 0 Å². The van der Waals surface area contributed by atoms with Crippen molar-refractivity contribution in [3.8, 4) is 0 Å². The Labute approximate surface area is 149 Å². The molecule has 7 nitrogen and oxygen atoms in total. The van der Waals surface area contributed by atoms with Crippen molar-refractivity contribution in [2.45, 2.75) is 6.54 Å². The zero-order chi connectivity index (χ0) is 17.9. The molecule has 26 heavy (non-hydrogen) atoms. The molecule has 4 rings (SSSR count). The van der Waals surface area contributed by atoms with E-state index in [0.717, 1.165) is 37.6 Å². The van der Waals surface area contributed by atoms with Crippen LogP contribution in [0.25, 0.3) is 11.0 Å². The van der Waals surface area contributed by atoms with Crippen LogP contribution >= 0.6 is 0 Å². The molecule has 0 aliphatic carbocycles. The van der Waals surface area contributed by atoms with Gasteiger partial charge < -0.3 is 20.5 Å². The first-order chi connectivity index (χ1) is 12.7. The second kappa shape index (κ2) is 7.09. The maximum atomic E-state index is 14.4. The number of pyridine rings is 1. The summed E-state index contributed by atoms with van der Waals surface area (Å²) >= 11 is 0. The Morgan fingerprint density at radius 3 is 2.92 bits per heavy atom. The summed E-state index contributed by atoms with van der Waals surface area (Å²) in [6.45, 7) is 3.96. The van der Waals surface area contributed by atoms with Gasteiger partial charge in [-0.25, -0.2) is 14.4 Å². The minimum absolute atomic E-state index is 0.0130. The van der Waals surface area contributed by atoms with Crippen LogP contribution in [0.15, 0.2) is 36.8 Å². The molecule has 2 aromatic heterocycles. The van der Waals surface area contributed by atoms with Crippen molar-refractivity contribution in [3.63, 3.8) is 0 Å². The van der Waals surface area contributed by atoms with Gasteiger partial charge in [0, 0.05) is 38.9 Å². The molecule has 1 aromatic carbocycles. The number of piperazine rings is 1. The molecular weight excluding hydrogens is 335 g/mol. The average molecular weight is 354 g/mol. The van der Waals surface area contributed by atoms with E-state index in [9.17, 15) is 9.18 Å². The van der Waals surface area contributed by atoms with Gasteiger partial charge in [-0.15, -0.1) is 0 Å². The highest BCUT2D eigenvalue weighted by Gasteiger charge is 2.16. The van der Waals surface area contributed by atoms with Crippen LogP contribution < -0.4 is 15.5 Å². The van der Waals surface area contributed by atoms with Crippen molar-refractivity contribution >= 4 is 22.8 Å². The number of nitrogens with one attached hydrogen (secondary N) is 3. The molecule has 0 unspecified atom stereocenters. The predicted molar refractivity (Wildman–Crippen MR) is 96.5 cm³/mol. The van der Waals surface area contributed by atoms with Crippen LogP contribution in [0.4, 0.5) is 10.2 Å². The average Bonchev–Trinajstić information content (AvgIpc) is 3.17. The maximum absolute atomic E-state index is 14.4. The number of carbonyl (C=O) groups is 1. The molecule has 1 fully saturated rings. The molecule has 3 aromatic rings. The Morgan fingerprint density at radius 2 is 2.08 bits per heavy atom. The molecule has 1 amide bonds. The Bertz CT molecular complexity index is 934. The molecule has 0 radical (unpaired) electrons. The number of carbonyl (C=O) groups excluding carboxylic acids is 1. The zero-order valence-electron chi connectivity index (χ0n) is 14.1. The second-order valence-corrected chi connectivity index (χ2v) is 6.17. The fourth-order valence-corrected chi connectivity index (χ4v) is 3.06. The van der Waals surface area contributed by atoms with Crippen molar-refractivity contribution < 1.29 is 9.18 Å². The van der Waals surface area contributed by atoms with Gasteiger partial charge in [-0.3, -0.25) is 4.79 Å². The number of anilines is 1. The lowest BCUT2D eigenvalue weighted by molar-refractivity contribution is 0.0947. The molecule has 0 saturated carbocycles. The van der Waals surface area contributed by atoms with Crippen molar-refractivity contribution in [1.82, 2.24) is 25.6 Å². The van der Waals surface area contributed by atoms with Gasteiger partial charge in [0.25, 0.3) is 5.91 Å². The summed E-state index contributed by atoms with van der Waals surface area (Å²) in [5.74, 6) is -0.187. The summed E-state index contributed by atoms with van der Waals surface area (Å²) in [6.07, 6.45) is 3.14. The summed E-state index contributed by atoms with van der Waals surface area (Å²) in [4.78, 5) is 25.7. The van der Waals surface area contributed by atoms with Gasteiger partial charge in [0.05, 0.1) is 17.4 Å². The molecule has 3 heterocycles.